The summed E-state index contributed by atoms with van der Waals surface area (Å²) < 4.78 is 10.0. The van der Waals surface area contributed by atoms with E-state index in [9.17, 15) is 20.1 Å². The summed E-state index contributed by atoms with van der Waals surface area (Å²) in [5.74, 6) is -1.41. The van der Waals surface area contributed by atoms with Crippen molar-refractivity contribution in [2.75, 3.05) is 6.61 Å². The molecule has 4 N–H and O–H groups in total. The molecule has 5 atom stereocenters. The zero-order valence-corrected chi connectivity index (χ0v) is 9.52. The van der Waals surface area contributed by atoms with Crippen LogP contribution in [0.1, 0.15) is 19.8 Å². The predicted molar refractivity (Wildman–Crippen MR) is 55.2 cm³/mol. The SMILES string of the molecule is CCCCOC1O[C@H](C(=O)O)[C@@H](O)[C@H](O)[C@H]1O. The normalized spacial score (nSPS) is 38.0. The van der Waals surface area contributed by atoms with Gasteiger partial charge in [-0.25, -0.2) is 4.79 Å². The molecule has 17 heavy (non-hydrogen) atoms. The Bertz CT molecular complexity index is 257. The van der Waals surface area contributed by atoms with Crippen molar-refractivity contribution in [1.29, 1.82) is 0 Å². The fourth-order valence-electron chi connectivity index (χ4n) is 1.53. The lowest BCUT2D eigenvalue weighted by atomic mass is 9.99. The summed E-state index contributed by atoms with van der Waals surface area (Å²) in [5, 5.41) is 37.2. The highest BCUT2D eigenvalue weighted by Crippen LogP contribution is 2.22. The van der Waals surface area contributed by atoms with Crippen molar-refractivity contribution >= 4 is 5.97 Å². The van der Waals surface area contributed by atoms with E-state index in [2.05, 4.69) is 0 Å². The van der Waals surface area contributed by atoms with Gasteiger partial charge < -0.3 is 29.9 Å². The van der Waals surface area contributed by atoms with Crippen molar-refractivity contribution in [3.63, 3.8) is 0 Å². The summed E-state index contributed by atoms with van der Waals surface area (Å²) >= 11 is 0. The van der Waals surface area contributed by atoms with Crippen LogP contribution in [0.3, 0.4) is 0 Å². The van der Waals surface area contributed by atoms with Gasteiger partial charge in [-0.15, -0.1) is 0 Å². The van der Waals surface area contributed by atoms with Gasteiger partial charge in [0.2, 0.25) is 0 Å². The van der Waals surface area contributed by atoms with Gasteiger partial charge in [-0.05, 0) is 6.42 Å². The molecule has 7 nitrogen and oxygen atoms in total. The fourth-order valence-corrected chi connectivity index (χ4v) is 1.53. The van der Waals surface area contributed by atoms with Gasteiger partial charge in [-0.2, -0.15) is 0 Å². The van der Waals surface area contributed by atoms with Gasteiger partial charge in [0.1, 0.15) is 18.3 Å². The Morgan fingerprint density at radius 3 is 2.41 bits per heavy atom. The van der Waals surface area contributed by atoms with Crippen molar-refractivity contribution in [3.05, 3.63) is 0 Å². The highest BCUT2D eigenvalue weighted by molar-refractivity contribution is 5.73. The molecular formula is C10H18O7. The van der Waals surface area contributed by atoms with Crippen LogP contribution >= 0.6 is 0 Å². The fraction of sp³-hybridized carbons (Fsp3) is 0.900. The van der Waals surface area contributed by atoms with E-state index in [1.807, 2.05) is 6.92 Å². The number of hydrogen-bond donors (Lipinski definition) is 4. The second kappa shape index (κ2) is 6.27. The lowest BCUT2D eigenvalue weighted by Gasteiger charge is -2.38. The third-order valence-corrected chi connectivity index (χ3v) is 2.59. The predicted octanol–water partition coefficient (Wildman–Crippen LogP) is -1.30. The van der Waals surface area contributed by atoms with Crippen LogP contribution in [0.5, 0.6) is 0 Å². The summed E-state index contributed by atoms with van der Waals surface area (Å²) in [7, 11) is 0. The molecule has 1 saturated heterocycles. The van der Waals surface area contributed by atoms with Crippen LogP contribution in [0.25, 0.3) is 0 Å². The van der Waals surface area contributed by atoms with Crippen molar-refractivity contribution < 1.29 is 34.7 Å². The maximum absolute atomic E-state index is 10.8. The molecule has 0 aliphatic carbocycles. The van der Waals surface area contributed by atoms with E-state index in [-0.39, 0.29) is 6.61 Å². The number of carboxylic acids is 1. The molecule has 1 fully saturated rings. The number of hydrogen-bond acceptors (Lipinski definition) is 6. The third-order valence-electron chi connectivity index (χ3n) is 2.59. The Morgan fingerprint density at radius 1 is 1.24 bits per heavy atom. The molecule has 1 aliphatic heterocycles. The summed E-state index contributed by atoms with van der Waals surface area (Å²) in [6, 6.07) is 0. The van der Waals surface area contributed by atoms with Crippen LogP contribution in [0.4, 0.5) is 0 Å². The number of aliphatic hydroxyl groups is 3. The molecule has 0 spiro atoms. The molecule has 0 saturated carbocycles. The number of carbonyl (C=O) groups is 1. The number of carboxylic acid groups (broad SMARTS) is 1. The van der Waals surface area contributed by atoms with Gasteiger partial charge in [-0.3, -0.25) is 0 Å². The zero-order valence-electron chi connectivity index (χ0n) is 9.52. The first-order valence-electron chi connectivity index (χ1n) is 5.53. The van der Waals surface area contributed by atoms with Gasteiger partial charge in [0.25, 0.3) is 0 Å². The zero-order chi connectivity index (χ0) is 13.0. The molecule has 0 radical (unpaired) electrons. The molecule has 100 valence electrons. The number of ether oxygens (including phenoxy) is 2. The highest BCUT2D eigenvalue weighted by Gasteiger charge is 2.47. The third kappa shape index (κ3) is 3.36. The molecule has 0 aromatic rings. The van der Waals surface area contributed by atoms with Crippen LogP contribution < -0.4 is 0 Å². The Morgan fingerprint density at radius 2 is 1.88 bits per heavy atom. The quantitative estimate of drug-likeness (QED) is 0.448. The minimum atomic E-state index is -1.67. The molecular weight excluding hydrogens is 232 g/mol. The highest BCUT2D eigenvalue weighted by atomic mass is 16.7. The van der Waals surface area contributed by atoms with E-state index in [4.69, 9.17) is 14.6 Å². The van der Waals surface area contributed by atoms with Gasteiger partial charge in [0.15, 0.2) is 12.4 Å². The number of aliphatic carboxylic acids is 1. The monoisotopic (exact) mass is 250 g/mol. The summed E-state index contributed by atoms with van der Waals surface area (Å²) in [6.07, 6.45) is -5.97. The maximum atomic E-state index is 10.8. The molecule has 1 rings (SSSR count). The standard InChI is InChI=1S/C10H18O7/c1-2-3-4-16-10-7(13)5(11)6(12)8(17-10)9(14)15/h5-8,10-13H,2-4H2,1H3,(H,14,15)/t5-,6-,7+,8-,10?/m0/s1. The Kier molecular flexibility index (Phi) is 5.29. The molecule has 0 bridgehead atoms. The molecule has 0 aromatic heterocycles. The van der Waals surface area contributed by atoms with Crippen LogP contribution in [-0.4, -0.2) is 63.7 Å². The molecule has 1 heterocycles. The van der Waals surface area contributed by atoms with Crippen LogP contribution in [0.2, 0.25) is 0 Å². The largest absolute Gasteiger partial charge is 0.479 e. The van der Waals surface area contributed by atoms with E-state index < -0.39 is 36.7 Å². The van der Waals surface area contributed by atoms with E-state index in [0.29, 0.717) is 0 Å². The van der Waals surface area contributed by atoms with Gasteiger partial charge >= 0.3 is 5.97 Å². The smallest absolute Gasteiger partial charge is 0.335 e. The van der Waals surface area contributed by atoms with Crippen molar-refractivity contribution in [1.82, 2.24) is 0 Å². The van der Waals surface area contributed by atoms with E-state index in [0.717, 1.165) is 12.8 Å². The van der Waals surface area contributed by atoms with E-state index in [1.54, 1.807) is 0 Å². The van der Waals surface area contributed by atoms with Crippen LogP contribution in [0, 0.1) is 0 Å². The van der Waals surface area contributed by atoms with Crippen LogP contribution in [-0.2, 0) is 14.3 Å². The summed E-state index contributed by atoms with van der Waals surface area (Å²) in [5.41, 5.74) is 0. The van der Waals surface area contributed by atoms with Crippen molar-refractivity contribution in [2.45, 2.75) is 50.5 Å². The Hall–Kier alpha value is -0.730. The molecule has 0 amide bonds. The number of aliphatic hydroxyl groups excluding tert-OH is 3. The average Bonchev–Trinajstić information content (AvgIpc) is 2.29. The Balaban J connectivity index is 2.61. The molecule has 7 heteroatoms. The minimum Gasteiger partial charge on any atom is -0.479 e. The first-order valence-corrected chi connectivity index (χ1v) is 5.53. The topological polar surface area (TPSA) is 116 Å². The lowest BCUT2D eigenvalue weighted by Crippen LogP contribution is -2.60. The minimum absolute atomic E-state index is 0.285. The lowest BCUT2D eigenvalue weighted by molar-refractivity contribution is -0.294. The van der Waals surface area contributed by atoms with Gasteiger partial charge in [0, 0.05) is 6.61 Å². The van der Waals surface area contributed by atoms with Gasteiger partial charge in [-0.1, -0.05) is 13.3 Å². The maximum Gasteiger partial charge on any atom is 0.335 e. The number of unbranched alkanes of at least 4 members (excludes halogenated alkanes) is 1. The number of rotatable bonds is 5. The first kappa shape index (κ1) is 14.3. The van der Waals surface area contributed by atoms with Crippen LogP contribution in [0.15, 0.2) is 0 Å². The second-order valence-electron chi connectivity index (χ2n) is 3.96. The van der Waals surface area contributed by atoms with Gasteiger partial charge in [0.05, 0.1) is 0 Å². The van der Waals surface area contributed by atoms with Crippen molar-refractivity contribution in [3.8, 4) is 0 Å². The average molecular weight is 250 g/mol. The van der Waals surface area contributed by atoms with E-state index >= 15 is 0 Å². The molecule has 0 aromatic carbocycles. The molecule has 1 aliphatic rings. The second-order valence-corrected chi connectivity index (χ2v) is 3.96. The summed E-state index contributed by atoms with van der Waals surface area (Å²) in [4.78, 5) is 10.8. The summed E-state index contributed by atoms with van der Waals surface area (Å²) in [6.45, 7) is 2.23. The van der Waals surface area contributed by atoms with E-state index in [1.165, 1.54) is 0 Å². The Labute approximate surface area is 98.6 Å². The van der Waals surface area contributed by atoms with Crippen molar-refractivity contribution in [2.24, 2.45) is 0 Å². The first-order chi connectivity index (χ1) is 7.99. The molecule has 1 unspecified atom stereocenters.